The first kappa shape index (κ1) is 15.2. The number of nitrogens with one attached hydrogen (secondary N) is 1. The smallest absolute Gasteiger partial charge is 0.251 e. The van der Waals surface area contributed by atoms with E-state index in [4.69, 9.17) is 4.52 Å². The number of carbonyl (C=O) groups excluding carboxylic acids is 1. The van der Waals surface area contributed by atoms with Gasteiger partial charge in [0.15, 0.2) is 0 Å². The first-order valence-electron chi connectivity index (χ1n) is 6.97. The van der Waals surface area contributed by atoms with E-state index in [0.29, 0.717) is 36.7 Å². The first-order valence-corrected chi connectivity index (χ1v) is 6.97. The summed E-state index contributed by atoms with van der Waals surface area (Å²) in [6.45, 7) is 4.06. The number of aliphatic hydroxyl groups excluding tert-OH is 1. The van der Waals surface area contributed by atoms with Gasteiger partial charge in [0.1, 0.15) is 0 Å². The van der Waals surface area contributed by atoms with Gasteiger partial charge in [-0.05, 0) is 25.0 Å². The number of aryl methyl sites for hydroxylation is 1. The summed E-state index contributed by atoms with van der Waals surface area (Å²) in [6.07, 6.45) is 0.855. The molecule has 0 aliphatic heterocycles. The molecule has 0 aliphatic carbocycles. The number of aromatic nitrogens is 2. The molecule has 0 bridgehead atoms. The van der Waals surface area contributed by atoms with Crippen LogP contribution in [0, 0.1) is 6.92 Å². The zero-order valence-corrected chi connectivity index (χ0v) is 12.2. The normalized spacial score (nSPS) is 12.1. The number of benzene rings is 1. The second-order valence-electron chi connectivity index (χ2n) is 4.82. The average Bonchev–Trinajstić information content (AvgIpc) is 2.93. The number of amides is 1. The number of rotatable bonds is 6. The quantitative estimate of drug-likeness (QED) is 0.848. The van der Waals surface area contributed by atoms with E-state index >= 15 is 0 Å². The van der Waals surface area contributed by atoms with Crippen LogP contribution in [0.15, 0.2) is 28.8 Å². The fourth-order valence-corrected chi connectivity index (χ4v) is 1.87. The van der Waals surface area contributed by atoms with Gasteiger partial charge < -0.3 is 14.9 Å². The molecule has 0 saturated carbocycles. The lowest BCUT2D eigenvalue weighted by atomic mass is 10.1. The van der Waals surface area contributed by atoms with E-state index in [1.54, 1.807) is 25.1 Å². The molecule has 2 N–H and O–H groups in total. The third-order valence-corrected chi connectivity index (χ3v) is 3.14. The zero-order valence-electron chi connectivity index (χ0n) is 12.2. The molecule has 112 valence electrons. The highest BCUT2D eigenvalue weighted by molar-refractivity contribution is 5.95. The van der Waals surface area contributed by atoms with Crippen molar-refractivity contribution in [1.82, 2.24) is 15.5 Å². The maximum absolute atomic E-state index is 12.0. The van der Waals surface area contributed by atoms with E-state index in [-0.39, 0.29) is 12.0 Å². The predicted octanol–water partition coefficient (Wildman–Crippen LogP) is 1.94. The molecule has 2 aromatic rings. The minimum Gasteiger partial charge on any atom is -0.393 e. The Balaban J connectivity index is 2.02. The van der Waals surface area contributed by atoms with Gasteiger partial charge in [0.25, 0.3) is 5.91 Å². The van der Waals surface area contributed by atoms with Crippen LogP contribution in [0.2, 0.25) is 0 Å². The van der Waals surface area contributed by atoms with Crippen molar-refractivity contribution in [1.29, 1.82) is 0 Å². The summed E-state index contributed by atoms with van der Waals surface area (Å²) in [5.74, 6) is 0.761. The number of hydrogen-bond acceptors (Lipinski definition) is 5. The van der Waals surface area contributed by atoms with E-state index in [1.807, 2.05) is 13.0 Å². The average molecular weight is 289 g/mol. The lowest BCUT2D eigenvalue weighted by molar-refractivity contribution is 0.0942. The lowest BCUT2D eigenvalue weighted by Crippen LogP contribution is -2.27. The van der Waals surface area contributed by atoms with Crippen LogP contribution in [0.25, 0.3) is 11.4 Å². The van der Waals surface area contributed by atoms with Crippen molar-refractivity contribution >= 4 is 5.91 Å². The van der Waals surface area contributed by atoms with Gasteiger partial charge in [0.05, 0.1) is 6.10 Å². The molecule has 1 amide bonds. The third-order valence-electron chi connectivity index (χ3n) is 3.14. The summed E-state index contributed by atoms with van der Waals surface area (Å²) in [6, 6.07) is 7.04. The van der Waals surface area contributed by atoms with Crippen LogP contribution in [-0.4, -0.2) is 33.8 Å². The number of carbonyl (C=O) groups is 1. The molecule has 0 saturated heterocycles. The standard InChI is InChI=1S/C15H19N3O3/c1-3-13(19)7-8-16-15(20)12-6-4-5-11(9-12)14-17-10(2)21-18-14/h4-6,9,13,19H,3,7-8H2,1-2H3,(H,16,20). The van der Waals surface area contributed by atoms with E-state index in [0.717, 1.165) is 5.56 Å². The molecule has 0 spiro atoms. The molecule has 6 nitrogen and oxygen atoms in total. The van der Waals surface area contributed by atoms with Crippen molar-refractivity contribution in [2.24, 2.45) is 0 Å². The molecule has 1 aromatic heterocycles. The van der Waals surface area contributed by atoms with Crippen molar-refractivity contribution in [3.05, 3.63) is 35.7 Å². The van der Waals surface area contributed by atoms with Crippen molar-refractivity contribution in [3.8, 4) is 11.4 Å². The van der Waals surface area contributed by atoms with Gasteiger partial charge in [0.2, 0.25) is 11.7 Å². The number of aliphatic hydroxyl groups is 1. The maximum atomic E-state index is 12.0. The molecule has 1 atom stereocenters. The Morgan fingerprint density at radius 1 is 1.48 bits per heavy atom. The minimum absolute atomic E-state index is 0.180. The first-order chi connectivity index (χ1) is 10.1. The highest BCUT2D eigenvalue weighted by atomic mass is 16.5. The Labute approximate surface area is 123 Å². The van der Waals surface area contributed by atoms with Gasteiger partial charge in [-0.3, -0.25) is 4.79 Å². The Bertz CT molecular complexity index is 610. The molecular weight excluding hydrogens is 270 g/mol. The lowest BCUT2D eigenvalue weighted by Gasteiger charge is -2.09. The Kier molecular flexibility index (Phi) is 5.05. The largest absolute Gasteiger partial charge is 0.393 e. The molecule has 6 heteroatoms. The van der Waals surface area contributed by atoms with Crippen molar-refractivity contribution in [2.75, 3.05) is 6.54 Å². The van der Waals surface area contributed by atoms with Crippen LogP contribution < -0.4 is 5.32 Å². The van der Waals surface area contributed by atoms with Crippen LogP contribution in [0.5, 0.6) is 0 Å². The van der Waals surface area contributed by atoms with Crippen LogP contribution >= 0.6 is 0 Å². The Morgan fingerprint density at radius 2 is 2.29 bits per heavy atom. The van der Waals surface area contributed by atoms with Gasteiger partial charge in [-0.15, -0.1) is 0 Å². The van der Waals surface area contributed by atoms with Crippen molar-refractivity contribution < 1.29 is 14.4 Å². The molecular formula is C15H19N3O3. The van der Waals surface area contributed by atoms with Crippen molar-refractivity contribution in [3.63, 3.8) is 0 Å². The van der Waals surface area contributed by atoms with E-state index in [1.165, 1.54) is 0 Å². The van der Waals surface area contributed by atoms with E-state index in [9.17, 15) is 9.90 Å². The van der Waals surface area contributed by atoms with Crippen LogP contribution in [0.1, 0.15) is 36.0 Å². The predicted molar refractivity (Wildman–Crippen MR) is 77.7 cm³/mol. The highest BCUT2D eigenvalue weighted by Crippen LogP contribution is 2.17. The molecule has 1 heterocycles. The van der Waals surface area contributed by atoms with Gasteiger partial charge in [0, 0.05) is 24.6 Å². The summed E-state index contributed by atoms with van der Waals surface area (Å²) in [5, 5.41) is 16.1. The topological polar surface area (TPSA) is 88.2 Å². The molecule has 1 aromatic carbocycles. The van der Waals surface area contributed by atoms with Crippen LogP contribution in [0.4, 0.5) is 0 Å². The summed E-state index contributed by atoms with van der Waals surface area (Å²) in [5.41, 5.74) is 1.26. The van der Waals surface area contributed by atoms with Crippen LogP contribution in [0.3, 0.4) is 0 Å². The zero-order chi connectivity index (χ0) is 15.2. The van der Waals surface area contributed by atoms with E-state index in [2.05, 4.69) is 15.5 Å². The third kappa shape index (κ3) is 4.13. The SMILES string of the molecule is CCC(O)CCNC(=O)c1cccc(-c2noc(C)n2)c1. The molecule has 21 heavy (non-hydrogen) atoms. The summed E-state index contributed by atoms with van der Waals surface area (Å²) in [4.78, 5) is 16.2. The fraction of sp³-hybridized carbons (Fsp3) is 0.400. The number of hydrogen-bond donors (Lipinski definition) is 2. The summed E-state index contributed by atoms with van der Waals surface area (Å²) < 4.78 is 4.93. The molecule has 0 fully saturated rings. The van der Waals surface area contributed by atoms with Gasteiger partial charge in [-0.1, -0.05) is 24.2 Å². The number of nitrogens with zero attached hydrogens (tertiary/aromatic N) is 2. The Morgan fingerprint density at radius 3 is 2.95 bits per heavy atom. The van der Waals surface area contributed by atoms with Crippen LogP contribution in [-0.2, 0) is 0 Å². The van der Waals surface area contributed by atoms with Gasteiger partial charge >= 0.3 is 0 Å². The molecule has 1 unspecified atom stereocenters. The molecule has 2 rings (SSSR count). The fourth-order valence-electron chi connectivity index (χ4n) is 1.87. The second-order valence-corrected chi connectivity index (χ2v) is 4.82. The van der Waals surface area contributed by atoms with Crippen molar-refractivity contribution in [2.45, 2.75) is 32.8 Å². The minimum atomic E-state index is -0.376. The van der Waals surface area contributed by atoms with E-state index < -0.39 is 0 Å². The monoisotopic (exact) mass is 289 g/mol. The second kappa shape index (κ2) is 6.99. The Hall–Kier alpha value is -2.21. The van der Waals surface area contributed by atoms with Gasteiger partial charge in [-0.2, -0.15) is 4.98 Å². The molecule has 0 radical (unpaired) electrons. The summed E-state index contributed by atoms with van der Waals surface area (Å²) in [7, 11) is 0. The maximum Gasteiger partial charge on any atom is 0.251 e. The summed E-state index contributed by atoms with van der Waals surface area (Å²) >= 11 is 0. The van der Waals surface area contributed by atoms with Gasteiger partial charge in [-0.25, -0.2) is 0 Å². The highest BCUT2D eigenvalue weighted by Gasteiger charge is 2.10. The molecule has 0 aliphatic rings.